The number of carbonyl (C=O) groups is 6. The van der Waals surface area contributed by atoms with E-state index in [0.29, 0.717) is 6.42 Å². The van der Waals surface area contributed by atoms with Gasteiger partial charge in [0.25, 0.3) is 0 Å². The van der Waals surface area contributed by atoms with E-state index in [0.717, 1.165) is 0 Å². The first-order valence-corrected chi connectivity index (χ1v) is 12.3. The monoisotopic (exact) mass is 560 g/mol. The Balaban J connectivity index is 5.90. The Morgan fingerprint density at radius 1 is 0.846 bits per heavy atom. The minimum atomic E-state index is -1.60. The van der Waals surface area contributed by atoms with Gasteiger partial charge in [-0.1, -0.05) is 20.3 Å². The van der Waals surface area contributed by atoms with Crippen molar-refractivity contribution >= 4 is 41.5 Å². The van der Waals surface area contributed by atoms with E-state index in [4.69, 9.17) is 27.4 Å². The van der Waals surface area contributed by atoms with Crippen LogP contribution in [0.1, 0.15) is 46.0 Å². The molecular formula is C22H40N8O9. The molecule has 0 aliphatic carbocycles. The van der Waals surface area contributed by atoms with Crippen LogP contribution in [0.2, 0.25) is 0 Å². The summed E-state index contributed by atoms with van der Waals surface area (Å²) in [7, 11) is 0. The smallest absolute Gasteiger partial charge is 0.328 e. The molecule has 0 bridgehead atoms. The highest BCUT2D eigenvalue weighted by Gasteiger charge is 2.33. The summed E-state index contributed by atoms with van der Waals surface area (Å²) in [4.78, 5) is 76.8. The fraction of sp³-hybridized carbons (Fsp3) is 0.682. The molecule has 0 radical (unpaired) electrons. The van der Waals surface area contributed by atoms with E-state index in [2.05, 4.69) is 26.3 Å². The van der Waals surface area contributed by atoms with E-state index < -0.39 is 85.2 Å². The molecule has 5 atom stereocenters. The molecule has 0 aliphatic heterocycles. The van der Waals surface area contributed by atoms with Gasteiger partial charge in [-0.05, 0) is 25.2 Å². The van der Waals surface area contributed by atoms with Gasteiger partial charge < -0.3 is 53.8 Å². The van der Waals surface area contributed by atoms with E-state index in [9.17, 15) is 33.9 Å². The third-order valence-corrected chi connectivity index (χ3v) is 5.65. The lowest BCUT2D eigenvalue weighted by Gasteiger charge is -2.28. The number of nitrogens with two attached hydrogens (primary N) is 3. The largest absolute Gasteiger partial charge is 0.481 e. The molecule has 0 aromatic carbocycles. The number of amides is 4. The average molecular weight is 561 g/mol. The summed E-state index contributed by atoms with van der Waals surface area (Å²) < 4.78 is 0. The highest BCUT2D eigenvalue weighted by molar-refractivity contribution is 5.95. The Morgan fingerprint density at radius 2 is 1.41 bits per heavy atom. The van der Waals surface area contributed by atoms with Crippen LogP contribution in [-0.4, -0.2) is 101 Å². The highest BCUT2D eigenvalue weighted by Crippen LogP contribution is 2.10. The molecule has 0 saturated carbocycles. The topological polar surface area (TPSA) is 302 Å². The van der Waals surface area contributed by atoms with Gasteiger partial charge in [-0.25, -0.2) is 4.79 Å². The number of aliphatic hydroxyl groups excluding tert-OH is 1. The molecule has 0 fully saturated rings. The number of carbonyl (C=O) groups excluding carboxylic acids is 4. The number of aliphatic imine (C=N–C) groups is 1. The van der Waals surface area contributed by atoms with Crippen LogP contribution in [-0.2, 0) is 28.8 Å². The molecule has 39 heavy (non-hydrogen) atoms. The molecule has 4 amide bonds. The molecular weight excluding hydrogens is 520 g/mol. The second-order valence-corrected chi connectivity index (χ2v) is 8.72. The van der Waals surface area contributed by atoms with Crippen molar-refractivity contribution in [2.75, 3.05) is 19.7 Å². The van der Waals surface area contributed by atoms with Gasteiger partial charge in [0.05, 0.1) is 13.2 Å². The Bertz CT molecular complexity index is 895. The number of hydrogen-bond donors (Lipinski definition) is 10. The van der Waals surface area contributed by atoms with Crippen molar-refractivity contribution in [1.82, 2.24) is 21.3 Å². The molecule has 0 aromatic heterocycles. The van der Waals surface area contributed by atoms with E-state index >= 15 is 0 Å². The number of nitrogens with zero attached hydrogens (tertiary/aromatic N) is 1. The van der Waals surface area contributed by atoms with E-state index in [1.54, 1.807) is 13.8 Å². The molecule has 0 rings (SSSR count). The Morgan fingerprint density at radius 3 is 1.90 bits per heavy atom. The predicted octanol–water partition coefficient (Wildman–Crippen LogP) is -4.07. The van der Waals surface area contributed by atoms with Crippen molar-refractivity contribution in [2.24, 2.45) is 28.1 Å². The molecule has 0 heterocycles. The maximum Gasteiger partial charge on any atom is 0.328 e. The van der Waals surface area contributed by atoms with E-state index in [-0.39, 0.29) is 31.8 Å². The summed E-state index contributed by atoms with van der Waals surface area (Å²) >= 11 is 0. The zero-order valence-corrected chi connectivity index (χ0v) is 22.0. The standard InChI is InChI=1S/C22H40N8O9/c1-3-11(2)17(20(37)29-14(10-31)21(38)39)30-19(36)12(5-4-8-26-22(24)25)28-18(35)13(6-7-16(33)34)27-15(32)9-23/h11-14,17,31H,3-10,23H2,1-2H3,(H,27,32)(H,28,35)(H,29,37)(H,30,36)(H,33,34)(H,38,39)(H4,24,25,26)/t11-,12-,13-,14-,17-/m0/s1. The van der Waals surface area contributed by atoms with Gasteiger partial charge in [0.1, 0.15) is 24.2 Å². The molecule has 0 aliphatic rings. The van der Waals surface area contributed by atoms with Crippen LogP contribution in [0.4, 0.5) is 0 Å². The zero-order valence-electron chi connectivity index (χ0n) is 22.0. The van der Waals surface area contributed by atoms with Gasteiger partial charge in [0.2, 0.25) is 23.6 Å². The summed E-state index contributed by atoms with van der Waals surface area (Å²) in [6.07, 6.45) is -0.161. The fourth-order valence-electron chi connectivity index (χ4n) is 3.24. The van der Waals surface area contributed by atoms with Crippen LogP contribution in [0.15, 0.2) is 4.99 Å². The Hall–Kier alpha value is -3.99. The number of guanidine groups is 1. The number of hydrogen-bond acceptors (Lipinski definition) is 9. The average Bonchev–Trinajstić information content (AvgIpc) is 2.88. The van der Waals surface area contributed by atoms with E-state index in [1.807, 2.05) is 0 Å². The molecule has 0 unspecified atom stereocenters. The predicted molar refractivity (Wildman–Crippen MR) is 138 cm³/mol. The molecule has 222 valence electrons. The van der Waals surface area contributed by atoms with Crippen molar-refractivity contribution in [3.05, 3.63) is 0 Å². The molecule has 0 aromatic rings. The SMILES string of the molecule is CC[C@H](C)[C@H](NC(=O)[C@H](CCCN=C(N)N)NC(=O)[C@H](CCC(=O)O)NC(=O)CN)C(=O)N[C@@H](CO)C(=O)O. The zero-order chi connectivity index (χ0) is 30.1. The number of rotatable bonds is 19. The van der Waals surface area contributed by atoms with Gasteiger partial charge >= 0.3 is 11.9 Å². The van der Waals surface area contributed by atoms with Gasteiger partial charge in [0, 0.05) is 13.0 Å². The van der Waals surface area contributed by atoms with Crippen molar-refractivity contribution in [3.8, 4) is 0 Å². The molecule has 17 nitrogen and oxygen atoms in total. The van der Waals surface area contributed by atoms with Crippen molar-refractivity contribution in [1.29, 1.82) is 0 Å². The Kier molecular flexibility index (Phi) is 16.4. The third-order valence-electron chi connectivity index (χ3n) is 5.65. The molecule has 0 spiro atoms. The van der Waals surface area contributed by atoms with E-state index in [1.165, 1.54) is 0 Å². The summed E-state index contributed by atoms with van der Waals surface area (Å²) in [5, 5.41) is 36.7. The molecule has 17 heteroatoms. The van der Waals surface area contributed by atoms with Crippen molar-refractivity contribution in [3.63, 3.8) is 0 Å². The quantitative estimate of drug-likeness (QED) is 0.0410. The first kappa shape index (κ1) is 35.0. The van der Waals surface area contributed by atoms with Crippen molar-refractivity contribution < 1.29 is 44.1 Å². The molecule has 13 N–H and O–H groups in total. The number of aliphatic carboxylic acids is 2. The lowest BCUT2D eigenvalue weighted by molar-refractivity contribution is -0.143. The Labute approximate surface area is 225 Å². The summed E-state index contributed by atoms with van der Waals surface area (Å²) in [5.41, 5.74) is 15.9. The summed E-state index contributed by atoms with van der Waals surface area (Å²) in [6.45, 7) is 2.13. The summed E-state index contributed by atoms with van der Waals surface area (Å²) in [5.74, 6) is -6.62. The maximum absolute atomic E-state index is 13.2. The third kappa shape index (κ3) is 13.9. The van der Waals surface area contributed by atoms with Crippen LogP contribution in [0.3, 0.4) is 0 Å². The van der Waals surface area contributed by atoms with Gasteiger partial charge in [-0.15, -0.1) is 0 Å². The number of carboxylic acids is 2. The number of nitrogens with one attached hydrogen (secondary N) is 4. The first-order valence-electron chi connectivity index (χ1n) is 12.3. The highest BCUT2D eigenvalue weighted by atomic mass is 16.4. The second-order valence-electron chi connectivity index (χ2n) is 8.72. The maximum atomic E-state index is 13.2. The van der Waals surface area contributed by atoms with Crippen LogP contribution < -0.4 is 38.5 Å². The number of aliphatic hydroxyl groups is 1. The lowest BCUT2D eigenvalue weighted by atomic mass is 9.97. The summed E-state index contributed by atoms with van der Waals surface area (Å²) in [6, 6.07) is -5.43. The van der Waals surface area contributed by atoms with Gasteiger partial charge in [-0.2, -0.15) is 0 Å². The first-order chi connectivity index (χ1) is 18.3. The minimum Gasteiger partial charge on any atom is -0.481 e. The fourth-order valence-corrected chi connectivity index (χ4v) is 3.24. The lowest BCUT2D eigenvalue weighted by Crippen LogP contribution is -2.59. The van der Waals surface area contributed by atoms with Gasteiger partial charge in [-0.3, -0.25) is 29.0 Å². The molecule has 0 saturated heterocycles. The van der Waals surface area contributed by atoms with Crippen LogP contribution in [0.25, 0.3) is 0 Å². The van der Waals surface area contributed by atoms with Crippen molar-refractivity contribution in [2.45, 2.75) is 70.1 Å². The van der Waals surface area contributed by atoms with Gasteiger partial charge in [0.15, 0.2) is 5.96 Å². The van der Waals surface area contributed by atoms with Crippen LogP contribution >= 0.6 is 0 Å². The normalized spacial score (nSPS) is 14.5. The number of carboxylic acid groups (broad SMARTS) is 2. The van der Waals surface area contributed by atoms with Crippen LogP contribution in [0.5, 0.6) is 0 Å². The van der Waals surface area contributed by atoms with Crippen LogP contribution in [0, 0.1) is 5.92 Å². The minimum absolute atomic E-state index is 0.0198. The second kappa shape index (κ2) is 18.3.